The minimum absolute atomic E-state index is 0.00296. The molecule has 0 spiro atoms. The first-order valence-electron chi connectivity index (χ1n) is 14.8. The largest absolute Gasteiger partial charge is 0.352 e. The molecule has 0 bridgehead atoms. The van der Waals surface area contributed by atoms with E-state index in [1.165, 1.54) is 35.2 Å². The molecule has 0 saturated carbocycles. The van der Waals surface area contributed by atoms with Crippen LogP contribution in [-0.2, 0) is 32.6 Å². The zero-order chi connectivity index (χ0) is 33.4. The number of sulfonamides is 1. The van der Waals surface area contributed by atoms with Crippen molar-refractivity contribution in [3.63, 3.8) is 0 Å². The first-order valence-corrected chi connectivity index (χ1v) is 17.8. The lowest BCUT2D eigenvalue weighted by Gasteiger charge is -2.34. The number of halogens is 3. The summed E-state index contributed by atoms with van der Waals surface area (Å²) >= 11 is 16.1. The minimum Gasteiger partial charge on any atom is -0.352 e. The summed E-state index contributed by atoms with van der Waals surface area (Å²) in [6, 6.07) is 26.5. The number of hydrogen-bond donors (Lipinski definition) is 1. The highest BCUT2D eigenvalue weighted by molar-refractivity contribution is 9.10. The molecule has 242 valence electrons. The smallest absolute Gasteiger partial charge is 0.264 e. The van der Waals surface area contributed by atoms with Gasteiger partial charge in [0.05, 0.1) is 10.6 Å². The Balaban J connectivity index is 1.83. The van der Waals surface area contributed by atoms with Gasteiger partial charge in [0, 0.05) is 33.5 Å². The topological polar surface area (TPSA) is 86.8 Å². The molecule has 0 radical (unpaired) electrons. The third-order valence-electron chi connectivity index (χ3n) is 7.56. The van der Waals surface area contributed by atoms with Crippen molar-refractivity contribution < 1.29 is 18.0 Å². The number of hydrogen-bond acceptors (Lipinski definition) is 4. The van der Waals surface area contributed by atoms with E-state index in [9.17, 15) is 18.0 Å². The van der Waals surface area contributed by atoms with Crippen molar-refractivity contribution in [2.45, 2.75) is 57.1 Å². The molecule has 4 aromatic carbocycles. The fraction of sp³-hybridized carbons (Fsp3) is 0.257. The number of benzene rings is 4. The van der Waals surface area contributed by atoms with Gasteiger partial charge < -0.3 is 10.2 Å². The summed E-state index contributed by atoms with van der Waals surface area (Å²) in [6.45, 7) is 5.17. The molecule has 0 aromatic heterocycles. The lowest BCUT2D eigenvalue weighted by atomic mass is 10.0. The van der Waals surface area contributed by atoms with Crippen LogP contribution < -0.4 is 9.62 Å². The number of nitrogens with zero attached hydrogens (tertiary/aromatic N) is 2. The average molecular weight is 746 g/mol. The van der Waals surface area contributed by atoms with Gasteiger partial charge in [0.15, 0.2) is 0 Å². The molecule has 0 aliphatic heterocycles. The van der Waals surface area contributed by atoms with Gasteiger partial charge in [-0.05, 0) is 73.9 Å². The Morgan fingerprint density at radius 3 is 2.07 bits per heavy atom. The first kappa shape index (κ1) is 35.5. The number of anilines is 1. The molecule has 11 heteroatoms. The molecule has 0 fully saturated rings. The van der Waals surface area contributed by atoms with Crippen molar-refractivity contribution in [3.8, 4) is 0 Å². The lowest BCUT2D eigenvalue weighted by molar-refractivity contribution is -0.140. The number of carbonyl (C=O) groups excluding carboxylic acids is 2. The zero-order valence-corrected chi connectivity index (χ0v) is 29.7. The van der Waals surface area contributed by atoms with Gasteiger partial charge in [0.25, 0.3) is 10.0 Å². The highest BCUT2D eigenvalue weighted by Gasteiger charge is 2.35. The molecule has 46 heavy (non-hydrogen) atoms. The van der Waals surface area contributed by atoms with Gasteiger partial charge in [-0.1, -0.05) is 106 Å². The molecule has 2 unspecified atom stereocenters. The van der Waals surface area contributed by atoms with Gasteiger partial charge in [-0.2, -0.15) is 0 Å². The van der Waals surface area contributed by atoms with Crippen molar-refractivity contribution in [2.75, 3.05) is 10.8 Å². The fourth-order valence-corrected chi connectivity index (χ4v) is 7.01. The Morgan fingerprint density at radius 2 is 1.48 bits per heavy atom. The second-order valence-corrected chi connectivity index (χ2v) is 14.8. The van der Waals surface area contributed by atoms with E-state index in [0.717, 1.165) is 25.5 Å². The molecule has 0 aliphatic carbocycles. The van der Waals surface area contributed by atoms with Crippen LogP contribution in [0, 0.1) is 6.92 Å². The molecule has 0 saturated heterocycles. The maximum Gasteiger partial charge on any atom is 0.264 e. The third kappa shape index (κ3) is 9.35. The van der Waals surface area contributed by atoms with E-state index >= 15 is 0 Å². The quantitative estimate of drug-likeness (QED) is 0.151. The van der Waals surface area contributed by atoms with Gasteiger partial charge in [-0.15, -0.1) is 0 Å². The van der Waals surface area contributed by atoms with E-state index < -0.39 is 28.5 Å². The number of aryl methyl sites for hydroxylation is 1. The molecule has 7 nitrogen and oxygen atoms in total. The van der Waals surface area contributed by atoms with Gasteiger partial charge >= 0.3 is 0 Å². The molecule has 2 atom stereocenters. The molecule has 1 N–H and O–H groups in total. The predicted octanol–water partition coefficient (Wildman–Crippen LogP) is 7.81. The van der Waals surface area contributed by atoms with E-state index in [0.29, 0.717) is 6.42 Å². The van der Waals surface area contributed by atoms with Gasteiger partial charge in [-0.25, -0.2) is 8.42 Å². The number of carbonyl (C=O) groups is 2. The Kier molecular flexibility index (Phi) is 12.3. The third-order valence-corrected chi connectivity index (χ3v) is 10.3. The molecule has 4 rings (SSSR count). The summed E-state index contributed by atoms with van der Waals surface area (Å²) in [7, 11) is -4.28. The van der Waals surface area contributed by atoms with Crippen molar-refractivity contribution >= 4 is 66.7 Å². The van der Waals surface area contributed by atoms with Gasteiger partial charge in [0.1, 0.15) is 12.6 Å². The number of nitrogens with one attached hydrogen (secondary N) is 1. The Labute approximate surface area is 289 Å². The van der Waals surface area contributed by atoms with E-state index in [-0.39, 0.29) is 45.5 Å². The van der Waals surface area contributed by atoms with Crippen molar-refractivity contribution in [1.82, 2.24) is 10.2 Å². The van der Waals surface area contributed by atoms with Gasteiger partial charge in [-0.3, -0.25) is 13.9 Å². The SMILES string of the molecule is CCC(C)NC(=O)C(Cc1ccccc1)N(Cc1ccc(Br)cc1)C(=O)CN(c1cc(Cl)cc(Cl)c1)S(=O)(=O)c1ccc(C)cc1. The summed E-state index contributed by atoms with van der Waals surface area (Å²) in [6.07, 6.45) is 0.918. The predicted molar refractivity (Wildman–Crippen MR) is 189 cm³/mol. The van der Waals surface area contributed by atoms with Crippen LogP contribution in [0.5, 0.6) is 0 Å². The van der Waals surface area contributed by atoms with Crippen LogP contribution in [0.3, 0.4) is 0 Å². The molecule has 2 amide bonds. The molecule has 0 heterocycles. The molecular formula is C35H36BrCl2N3O4S. The zero-order valence-electron chi connectivity index (χ0n) is 25.8. The van der Waals surface area contributed by atoms with Gasteiger partial charge in [0.2, 0.25) is 11.8 Å². The summed E-state index contributed by atoms with van der Waals surface area (Å²) in [4.78, 5) is 29.9. The summed E-state index contributed by atoms with van der Waals surface area (Å²) in [5.41, 5.74) is 2.62. The lowest BCUT2D eigenvalue weighted by Crippen LogP contribution is -2.54. The van der Waals surface area contributed by atoms with Crippen LogP contribution in [-0.4, -0.2) is 43.8 Å². The summed E-state index contributed by atoms with van der Waals surface area (Å²) < 4.78 is 30.2. The van der Waals surface area contributed by atoms with E-state index in [2.05, 4.69) is 21.2 Å². The van der Waals surface area contributed by atoms with E-state index in [4.69, 9.17) is 23.2 Å². The first-order chi connectivity index (χ1) is 21.9. The maximum atomic E-state index is 14.6. The minimum atomic E-state index is -4.28. The van der Waals surface area contributed by atoms with Crippen LogP contribution in [0.15, 0.2) is 106 Å². The normalized spacial score (nSPS) is 12.7. The van der Waals surface area contributed by atoms with E-state index in [1.54, 1.807) is 12.1 Å². The Morgan fingerprint density at radius 1 is 0.870 bits per heavy atom. The second-order valence-electron chi connectivity index (χ2n) is 11.1. The van der Waals surface area contributed by atoms with E-state index in [1.807, 2.05) is 75.4 Å². The molecule has 0 aliphatic rings. The highest BCUT2D eigenvalue weighted by atomic mass is 79.9. The molecular weight excluding hydrogens is 709 g/mol. The second kappa shape index (κ2) is 16.0. The van der Waals surface area contributed by atoms with Crippen LogP contribution in [0.25, 0.3) is 0 Å². The van der Waals surface area contributed by atoms with Crippen LogP contribution in [0.1, 0.15) is 37.0 Å². The Bertz CT molecular complexity index is 1740. The Hall–Kier alpha value is -3.37. The fourth-order valence-electron chi connectivity index (χ4n) is 4.83. The highest BCUT2D eigenvalue weighted by Crippen LogP contribution is 2.30. The van der Waals surface area contributed by atoms with Crippen molar-refractivity contribution in [1.29, 1.82) is 0 Å². The standard InChI is InChI=1S/C35H36BrCl2N3O4S/c1-4-25(3)39-35(43)33(18-26-8-6-5-7-9-26)40(22-27-12-14-28(36)15-13-27)34(42)23-41(31-20-29(37)19-30(38)21-31)46(44,45)32-16-10-24(2)11-17-32/h5-17,19-21,25,33H,4,18,22-23H2,1-3H3,(H,39,43). The number of amides is 2. The van der Waals surface area contributed by atoms with Crippen molar-refractivity contribution in [2.24, 2.45) is 0 Å². The summed E-state index contributed by atoms with van der Waals surface area (Å²) in [5, 5.41) is 3.45. The molecule has 4 aromatic rings. The van der Waals surface area contributed by atoms with Crippen LogP contribution >= 0.6 is 39.1 Å². The maximum absolute atomic E-state index is 14.6. The monoisotopic (exact) mass is 743 g/mol. The number of rotatable bonds is 13. The van der Waals surface area contributed by atoms with Crippen molar-refractivity contribution in [3.05, 3.63) is 128 Å². The van der Waals surface area contributed by atoms with Crippen LogP contribution in [0.4, 0.5) is 5.69 Å². The summed E-state index contributed by atoms with van der Waals surface area (Å²) in [5.74, 6) is -0.905. The van der Waals surface area contributed by atoms with Crippen LogP contribution in [0.2, 0.25) is 10.0 Å². The average Bonchev–Trinajstić information content (AvgIpc) is 3.02.